The minimum absolute atomic E-state index is 0.430. The van der Waals surface area contributed by atoms with E-state index >= 15 is 0 Å². The van der Waals surface area contributed by atoms with Gasteiger partial charge in [-0.3, -0.25) is 0 Å². The molecule has 2 atom stereocenters. The molecule has 0 bridgehead atoms. The van der Waals surface area contributed by atoms with Crippen molar-refractivity contribution in [2.45, 2.75) is 53.0 Å². The van der Waals surface area contributed by atoms with Crippen LogP contribution in [-0.4, -0.2) is 7.05 Å². The zero-order valence-electron chi connectivity index (χ0n) is 11.3. The number of hydrogen-bond acceptors (Lipinski definition) is 2. The molecule has 0 aliphatic heterocycles. The van der Waals surface area contributed by atoms with Gasteiger partial charge in [0.15, 0.2) is 0 Å². The fourth-order valence-corrected chi connectivity index (χ4v) is 2.41. The van der Waals surface area contributed by atoms with Crippen molar-refractivity contribution in [2.75, 3.05) is 7.05 Å². The molecule has 0 aliphatic carbocycles. The number of furan rings is 1. The molecule has 0 spiro atoms. The molecule has 2 nitrogen and oxygen atoms in total. The predicted molar refractivity (Wildman–Crippen MR) is 68.7 cm³/mol. The Balaban J connectivity index is 2.70. The fourth-order valence-electron chi connectivity index (χ4n) is 2.41. The summed E-state index contributed by atoms with van der Waals surface area (Å²) in [6.07, 6.45) is 3.75. The highest BCUT2D eigenvalue weighted by Crippen LogP contribution is 2.27. The molecule has 0 radical (unpaired) electrons. The van der Waals surface area contributed by atoms with Crippen LogP contribution < -0.4 is 5.32 Å². The lowest BCUT2D eigenvalue weighted by Gasteiger charge is -2.19. The van der Waals surface area contributed by atoms with Crippen LogP contribution in [0.25, 0.3) is 0 Å². The highest BCUT2D eigenvalue weighted by Gasteiger charge is 2.17. The molecule has 2 unspecified atom stereocenters. The van der Waals surface area contributed by atoms with Crippen molar-refractivity contribution in [2.24, 2.45) is 5.92 Å². The Hall–Kier alpha value is -0.760. The molecule has 0 amide bonds. The SMILES string of the molecule is CCCC(C)CC(NC)c1cc(C)oc1C. The summed E-state index contributed by atoms with van der Waals surface area (Å²) in [5.41, 5.74) is 1.32. The molecule has 0 fully saturated rings. The topological polar surface area (TPSA) is 25.2 Å². The lowest BCUT2D eigenvalue weighted by Crippen LogP contribution is -2.19. The van der Waals surface area contributed by atoms with E-state index in [1.54, 1.807) is 0 Å². The molecule has 2 heteroatoms. The summed E-state index contributed by atoms with van der Waals surface area (Å²) in [7, 11) is 2.03. The number of aryl methyl sites for hydroxylation is 2. The summed E-state index contributed by atoms with van der Waals surface area (Å²) in [5, 5.41) is 3.40. The van der Waals surface area contributed by atoms with Crippen molar-refractivity contribution in [3.05, 3.63) is 23.2 Å². The first-order valence-electron chi connectivity index (χ1n) is 6.32. The molecule has 1 aromatic heterocycles. The van der Waals surface area contributed by atoms with Gasteiger partial charge in [0.05, 0.1) is 0 Å². The molecule has 0 aliphatic rings. The monoisotopic (exact) mass is 223 g/mol. The third kappa shape index (κ3) is 3.38. The summed E-state index contributed by atoms with van der Waals surface area (Å²) in [5.74, 6) is 2.83. The van der Waals surface area contributed by atoms with E-state index in [4.69, 9.17) is 4.42 Å². The van der Waals surface area contributed by atoms with Gasteiger partial charge in [-0.15, -0.1) is 0 Å². The molecule has 1 heterocycles. The van der Waals surface area contributed by atoms with Crippen LogP contribution >= 0.6 is 0 Å². The Kier molecular flexibility index (Phi) is 5.07. The number of hydrogen-bond donors (Lipinski definition) is 1. The third-order valence-electron chi connectivity index (χ3n) is 3.22. The smallest absolute Gasteiger partial charge is 0.105 e. The van der Waals surface area contributed by atoms with Crippen LogP contribution in [-0.2, 0) is 0 Å². The summed E-state index contributed by atoms with van der Waals surface area (Å²) in [6, 6.07) is 2.59. The van der Waals surface area contributed by atoms with E-state index in [1.807, 2.05) is 14.0 Å². The zero-order valence-corrected chi connectivity index (χ0v) is 11.3. The molecule has 1 rings (SSSR count). The second kappa shape index (κ2) is 6.09. The maximum atomic E-state index is 5.60. The van der Waals surface area contributed by atoms with Gasteiger partial charge in [-0.2, -0.15) is 0 Å². The van der Waals surface area contributed by atoms with Crippen LogP contribution in [0.4, 0.5) is 0 Å². The van der Waals surface area contributed by atoms with Crippen LogP contribution in [0.15, 0.2) is 10.5 Å². The van der Waals surface area contributed by atoms with E-state index in [0.717, 1.165) is 17.4 Å². The molecule has 1 aromatic rings. The first kappa shape index (κ1) is 13.3. The Bertz CT molecular complexity index is 317. The summed E-state index contributed by atoms with van der Waals surface area (Å²) in [6.45, 7) is 8.64. The van der Waals surface area contributed by atoms with Gasteiger partial charge < -0.3 is 9.73 Å². The van der Waals surface area contributed by atoms with Gasteiger partial charge in [0.1, 0.15) is 11.5 Å². The normalized spacial score (nSPS) is 15.1. The van der Waals surface area contributed by atoms with E-state index in [9.17, 15) is 0 Å². The van der Waals surface area contributed by atoms with Gasteiger partial charge in [0.2, 0.25) is 0 Å². The molecule has 92 valence electrons. The molecule has 1 N–H and O–H groups in total. The van der Waals surface area contributed by atoms with E-state index in [0.29, 0.717) is 6.04 Å². The maximum Gasteiger partial charge on any atom is 0.105 e. The summed E-state index contributed by atoms with van der Waals surface area (Å²) < 4.78 is 5.60. The first-order valence-corrected chi connectivity index (χ1v) is 6.32. The van der Waals surface area contributed by atoms with Crippen LogP contribution in [0.3, 0.4) is 0 Å². The van der Waals surface area contributed by atoms with Crippen molar-refractivity contribution in [1.29, 1.82) is 0 Å². The first-order chi connectivity index (χ1) is 7.58. The standard InChI is InChI=1S/C14H25NO/c1-6-7-10(2)8-14(15-5)13-9-11(3)16-12(13)4/h9-10,14-15H,6-8H2,1-5H3. The molecule has 0 saturated heterocycles. The van der Waals surface area contributed by atoms with Crippen molar-refractivity contribution < 1.29 is 4.42 Å². The minimum Gasteiger partial charge on any atom is -0.466 e. The molecule has 16 heavy (non-hydrogen) atoms. The van der Waals surface area contributed by atoms with Crippen LogP contribution in [0.1, 0.15) is 56.2 Å². The van der Waals surface area contributed by atoms with Gasteiger partial charge in [-0.1, -0.05) is 26.7 Å². The predicted octanol–water partition coefficient (Wildman–Crippen LogP) is 3.98. The van der Waals surface area contributed by atoms with E-state index in [1.165, 1.54) is 24.8 Å². The Morgan fingerprint density at radius 1 is 1.38 bits per heavy atom. The van der Waals surface area contributed by atoms with Crippen LogP contribution in [0, 0.1) is 19.8 Å². The zero-order chi connectivity index (χ0) is 12.1. The molecule has 0 saturated carbocycles. The van der Waals surface area contributed by atoms with Crippen molar-refractivity contribution in [3.8, 4) is 0 Å². The average Bonchev–Trinajstić information content (AvgIpc) is 2.55. The highest BCUT2D eigenvalue weighted by atomic mass is 16.3. The van der Waals surface area contributed by atoms with Gasteiger partial charge >= 0.3 is 0 Å². The number of nitrogens with one attached hydrogen (secondary N) is 1. The fraction of sp³-hybridized carbons (Fsp3) is 0.714. The lowest BCUT2D eigenvalue weighted by atomic mass is 9.93. The Morgan fingerprint density at radius 3 is 2.50 bits per heavy atom. The van der Waals surface area contributed by atoms with Gasteiger partial charge in [0, 0.05) is 11.6 Å². The summed E-state index contributed by atoms with van der Waals surface area (Å²) >= 11 is 0. The quantitative estimate of drug-likeness (QED) is 0.789. The van der Waals surface area contributed by atoms with Crippen molar-refractivity contribution in [3.63, 3.8) is 0 Å². The Morgan fingerprint density at radius 2 is 2.06 bits per heavy atom. The second-order valence-corrected chi connectivity index (χ2v) is 4.84. The van der Waals surface area contributed by atoms with E-state index in [2.05, 4.69) is 32.2 Å². The second-order valence-electron chi connectivity index (χ2n) is 4.84. The van der Waals surface area contributed by atoms with Crippen molar-refractivity contribution in [1.82, 2.24) is 5.32 Å². The van der Waals surface area contributed by atoms with Crippen LogP contribution in [0.2, 0.25) is 0 Å². The highest BCUT2D eigenvalue weighted by molar-refractivity contribution is 5.24. The maximum absolute atomic E-state index is 5.60. The largest absolute Gasteiger partial charge is 0.466 e. The molecular formula is C14H25NO. The van der Waals surface area contributed by atoms with Crippen LogP contribution in [0.5, 0.6) is 0 Å². The van der Waals surface area contributed by atoms with E-state index in [-0.39, 0.29) is 0 Å². The van der Waals surface area contributed by atoms with Gasteiger partial charge in [-0.25, -0.2) is 0 Å². The van der Waals surface area contributed by atoms with Gasteiger partial charge in [0.25, 0.3) is 0 Å². The minimum atomic E-state index is 0.430. The van der Waals surface area contributed by atoms with E-state index < -0.39 is 0 Å². The average molecular weight is 223 g/mol. The Labute approximate surface area is 99.4 Å². The van der Waals surface area contributed by atoms with Crippen molar-refractivity contribution >= 4 is 0 Å². The molecule has 0 aromatic carbocycles. The lowest BCUT2D eigenvalue weighted by molar-refractivity contribution is 0.401. The van der Waals surface area contributed by atoms with Gasteiger partial charge in [-0.05, 0) is 39.3 Å². The number of rotatable bonds is 6. The summed E-state index contributed by atoms with van der Waals surface area (Å²) in [4.78, 5) is 0. The third-order valence-corrected chi connectivity index (χ3v) is 3.22. The molecular weight excluding hydrogens is 198 g/mol.